The minimum atomic E-state index is -2.35. The highest BCUT2D eigenvalue weighted by molar-refractivity contribution is 8.62. The summed E-state index contributed by atoms with van der Waals surface area (Å²) in [4.78, 5) is 9.36. The van der Waals surface area contributed by atoms with Crippen LogP contribution in [0.5, 0.6) is 0 Å². The average molecular weight is 201 g/mol. The van der Waals surface area contributed by atoms with Crippen LogP contribution in [-0.2, 0) is 15.5 Å². The molecule has 0 spiro atoms. The molecule has 2 nitrogen and oxygen atoms in total. The first-order valence-corrected chi connectivity index (χ1v) is 7.66. The third kappa shape index (κ3) is 5.69. The lowest BCUT2D eigenvalue weighted by Gasteiger charge is -1.98. The first kappa shape index (κ1) is 10.9. The highest BCUT2D eigenvalue weighted by Crippen LogP contribution is 2.49. The highest BCUT2D eigenvalue weighted by atomic mass is 32.9. The summed E-state index contributed by atoms with van der Waals surface area (Å²) in [7, 11) is 1.41. The van der Waals surface area contributed by atoms with Gasteiger partial charge in [-0.3, -0.25) is 4.52 Å². The first-order chi connectivity index (χ1) is 4.62. The van der Waals surface area contributed by atoms with Gasteiger partial charge < -0.3 is 4.89 Å². The van der Waals surface area contributed by atoms with E-state index in [-0.39, 0.29) is 0 Å². The zero-order chi connectivity index (χ0) is 8.04. The van der Waals surface area contributed by atoms with E-state index in [1.165, 1.54) is 10.9 Å². The van der Waals surface area contributed by atoms with E-state index in [1.807, 2.05) is 6.92 Å². The van der Waals surface area contributed by atoms with Crippen molar-refractivity contribution in [1.29, 1.82) is 0 Å². The maximum Gasteiger partial charge on any atom is 0.429 e. The van der Waals surface area contributed by atoms with Gasteiger partial charge in [0.1, 0.15) is 0 Å². The molecule has 0 aromatic carbocycles. The molecule has 0 amide bonds. The van der Waals surface area contributed by atoms with Crippen molar-refractivity contribution in [3.05, 3.63) is 0 Å². The van der Waals surface area contributed by atoms with Crippen LogP contribution < -0.4 is 0 Å². The number of hydrogen-bond acceptors (Lipinski definition) is 1. The second-order valence-electron chi connectivity index (χ2n) is 1.74. The first-order valence-electron chi connectivity index (χ1n) is 3.26. The van der Waals surface area contributed by atoms with Gasteiger partial charge in [0.25, 0.3) is 0 Å². The van der Waals surface area contributed by atoms with Gasteiger partial charge in [-0.25, -0.2) is 0 Å². The van der Waals surface area contributed by atoms with E-state index in [9.17, 15) is 4.89 Å². The molecule has 0 aliphatic rings. The number of rotatable bonds is 4. The number of thiol groups is 1. The highest BCUT2D eigenvalue weighted by Gasteiger charge is 2.20. The topological polar surface area (TPSA) is 29.5 Å². The van der Waals surface area contributed by atoms with Crippen molar-refractivity contribution in [1.82, 2.24) is 0 Å². The second-order valence-corrected chi connectivity index (χ2v) is 8.35. The van der Waals surface area contributed by atoms with Gasteiger partial charge in [0.05, 0.1) is 6.61 Å². The minimum absolute atomic E-state index is 0.532. The molecule has 0 fully saturated rings. The van der Waals surface area contributed by atoms with Gasteiger partial charge >= 0.3 is 5.69 Å². The Hall–Kier alpha value is 0.920. The molecule has 0 heterocycles. The standard InChI is InChI=1S/C5H14O2PS2/c1-3-5-10-8(6,9)7-4-2/h6,9H,3-5H2,1-2H3/q+1. The summed E-state index contributed by atoms with van der Waals surface area (Å²) in [6.07, 6.45) is 1.04. The molecule has 0 aromatic heterocycles. The maximum atomic E-state index is 9.36. The van der Waals surface area contributed by atoms with E-state index >= 15 is 0 Å². The van der Waals surface area contributed by atoms with Crippen molar-refractivity contribution in [3.8, 4) is 0 Å². The lowest BCUT2D eigenvalue weighted by Crippen LogP contribution is -1.86. The Morgan fingerprint density at radius 2 is 2.20 bits per heavy atom. The number of hydrogen-bond donors (Lipinski definition) is 2. The van der Waals surface area contributed by atoms with Crippen molar-refractivity contribution in [2.24, 2.45) is 0 Å². The Balaban J connectivity index is 3.81. The molecule has 0 saturated carbocycles. The van der Waals surface area contributed by atoms with Crippen molar-refractivity contribution >= 4 is 28.9 Å². The molecule has 0 rings (SSSR count). The van der Waals surface area contributed by atoms with Gasteiger partial charge in [-0.2, -0.15) is 0 Å². The predicted octanol–water partition coefficient (Wildman–Crippen LogP) is 2.12. The lowest BCUT2D eigenvalue weighted by molar-refractivity contribution is 0.341. The molecule has 0 bridgehead atoms. The molecule has 1 N–H and O–H groups in total. The van der Waals surface area contributed by atoms with Gasteiger partial charge in [-0.1, -0.05) is 6.92 Å². The molecule has 1 unspecified atom stereocenters. The molecular weight excluding hydrogens is 187 g/mol. The third-order valence-corrected chi connectivity index (χ3v) is 5.54. The normalized spacial score (nSPS) is 16.4. The molecule has 62 valence electrons. The van der Waals surface area contributed by atoms with E-state index in [4.69, 9.17) is 4.52 Å². The quantitative estimate of drug-likeness (QED) is 0.414. The summed E-state index contributed by atoms with van der Waals surface area (Å²) >= 11 is 4.01. The fraction of sp³-hybridized carbons (Fsp3) is 1.00. The minimum Gasteiger partial charge on any atom is -0.304 e. The van der Waals surface area contributed by atoms with E-state index in [0.29, 0.717) is 6.61 Å². The maximum absolute atomic E-state index is 9.36. The fourth-order valence-corrected chi connectivity index (χ4v) is 4.13. The Morgan fingerprint density at radius 1 is 1.60 bits per heavy atom. The van der Waals surface area contributed by atoms with Crippen LogP contribution >= 0.6 is 17.9 Å². The van der Waals surface area contributed by atoms with E-state index in [1.54, 1.807) is 0 Å². The Kier molecular flexibility index (Phi) is 6.07. The van der Waals surface area contributed by atoms with Crippen molar-refractivity contribution in [2.75, 3.05) is 12.4 Å². The summed E-state index contributed by atoms with van der Waals surface area (Å²) in [6.45, 7) is 4.45. The molecule has 0 radical (unpaired) electrons. The predicted molar refractivity (Wildman–Crippen MR) is 52.3 cm³/mol. The zero-order valence-corrected chi connectivity index (χ0v) is 8.88. The third-order valence-electron chi connectivity index (χ3n) is 0.761. The average Bonchev–Trinajstić information content (AvgIpc) is 1.84. The van der Waals surface area contributed by atoms with E-state index in [0.717, 1.165) is 12.2 Å². The van der Waals surface area contributed by atoms with Crippen molar-refractivity contribution < 1.29 is 9.42 Å². The summed E-state index contributed by atoms with van der Waals surface area (Å²) in [5.41, 5.74) is -2.35. The molecule has 0 aliphatic carbocycles. The lowest BCUT2D eigenvalue weighted by atomic mass is 10.6. The fourth-order valence-electron chi connectivity index (χ4n) is 0.416. The van der Waals surface area contributed by atoms with E-state index in [2.05, 4.69) is 19.2 Å². The van der Waals surface area contributed by atoms with Crippen LogP contribution in [0.25, 0.3) is 0 Å². The molecule has 0 saturated heterocycles. The Morgan fingerprint density at radius 3 is 2.60 bits per heavy atom. The van der Waals surface area contributed by atoms with E-state index < -0.39 is 5.69 Å². The molecule has 1 atom stereocenters. The molecule has 0 aromatic rings. The summed E-state index contributed by atoms with van der Waals surface area (Å²) < 4.78 is 5.03. The smallest absolute Gasteiger partial charge is 0.304 e. The zero-order valence-electron chi connectivity index (χ0n) is 6.28. The van der Waals surface area contributed by atoms with Gasteiger partial charge in [0.15, 0.2) is 5.75 Å². The second kappa shape index (κ2) is 5.56. The van der Waals surface area contributed by atoms with Crippen LogP contribution in [0.3, 0.4) is 0 Å². The summed E-state index contributed by atoms with van der Waals surface area (Å²) in [5.74, 6) is 0.910. The van der Waals surface area contributed by atoms with Crippen LogP contribution in [0, 0.1) is 0 Å². The van der Waals surface area contributed by atoms with Gasteiger partial charge in [0.2, 0.25) is 10.9 Å². The van der Waals surface area contributed by atoms with Crippen LogP contribution in [0.2, 0.25) is 0 Å². The van der Waals surface area contributed by atoms with Gasteiger partial charge in [-0.15, -0.1) is 0 Å². The monoisotopic (exact) mass is 201 g/mol. The van der Waals surface area contributed by atoms with Gasteiger partial charge in [0, 0.05) is 0 Å². The summed E-state index contributed by atoms with van der Waals surface area (Å²) in [5, 5.41) is 0. The van der Waals surface area contributed by atoms with Crippen molar-refractivity contribution in [2.45, 2.75) is 20.3 Å². The van der Waals surface area contributed by atoms with Crippen LogP contribution in [0.15, 0.2) is 0 Å². The SMILES string of the molecule is CCC[S+]=P(O)(S)OCC. The molecule has 0 aliphatic heterocycles. The molecule has 10 heavy (non-hydrogen) atoms. The Labute approximate surface area is 71.3 Å². The van der Waals surface area contributed by atoms with Crippen LogP contribution in [0.4, 0.5) is 0 Å². The van der Waals surface area contributed by atoms with Crippen LogP contribution in [0.1, 0.15) is 20.3 Å². The van der Waals surface area contributed by atoms with Crippen molar-refractivity contribution in [3.63, 3.8) is 0 Å². The largest absolute Gasteiger partial charge is 0.429 e. The van der Waals surface area contributed by atoms with Crippen LogP contribution in [-0.4, -0.2) is 17.3 Å². The summed E-state index contributed by atoms with van der Waals surface area (Å²) in [6, 6.07) is 0. The van der Waals surface area contributed by atoms with Gasteiger partial charge in [-0.05, 0) is 25.6 Å². The Bertz CT molecular complexity index is 132. The molecular formula is C5H14O2PS2+. The molecule has 5 heteroatoms.